The van der Waals surface area contributed by atoms with Gasteiger partial charge in [-0.25, -0.2) is 4.57 Å². The minimum atomic E-state index is -4.14. The summed E-state index contributed by atoms with van der Waals surface area (Å²) < 4.78 is 33.9. The molecule has 7 nitrogen and oxygen atoms in total. The Hall–Kier alpha value is -0.270. The van der Waals surface area contributed by atoms with E-state index in [2.05, 4.69) is 19.1 Å². The van der Waals surface area contributed by atoms with E-state index in [0.29, 0.717) is 17.6 Å². The van der Waals surface area contributed by atoms with Crippen LogP contribution in [0.15, 0.2) is 12.2 Å². The second-order valence-electron chi connectivity index (χ2n) is 10.9. The number of phosphoric acid groups is 1. The van der Waals surface area contributed by atoms with Crippen molar-refractivity contribution in [2.75, 3.05) is 61.2 Å². The summed E-state index contributed by atoms with van der Waals surface area (Å²) in [5.74, 6) is 0. The van der Waals surface area contributed by atoms with Crippen LogP contribution in [0.4, 0.5) is 0 Å². The second kappa shape index (κ2) is 23.8. The number of likely N-dealkylation sites (N-methyl/N-ethyl adjacent to an activating group) is 1. The predicted octanol–water partition coefficient (Wildman–Crippen LogP) is 7.29. The summed E-state index contributed by atoms with van der Waals surface area (Å²) in [6.07, 6.45) is 23.4. The van der Waals surface area contributed by atoms with Crippen molar-refractivity contribution in [1.82, 2.24) is 0 Å². The highest BCUT2D eigenvalue weighted by Crippen LogP contribution is 2.44. The quantitative estimate of drug-likeness (QED) is 0.0514. The van der Waals surface area contributed by atoms with Crippen LogP contribution in [-0.4, -0.2) is 76.7 Å². The Morgan fingerprint density at radius 3 is 1.83 bits per heavy atom. The maximum absolute atomic E-state index is 12.2. The van der Waals surface area contributed by atoms with Crippen LogP contribution in [0.3, 0.4) is 0 Å². The summed E-state index contributed by atoms with van der Waals surface area (Å²) in [7, 11) is 3.36. The SMILES string of the molecule is CCCCCCCCCCCC/C=C\CCCCCOC[C@H](COC)OP(=O)(O)OCC[N+](C)(C)C. The summed E-state index contributed by atoms with van der Waals surface area (Å²) in [5, 5.41) is 0. The largest absolute Gasteiger partial charge is 0.472 e. The average molecular weight is 537 g/mol. The van der Waals surface area contributed by atoms with E-state index in [1.807, 2.05) is 21.1 Å². The Kier molecular flexibility index (Phi) is 23.6. The number of hydrogen-bond donors (Lipinski definition) is 1. The molecule has 0 aliphatic carbocycles. The molecule has 0 aromatic carbocycles. The lowest BCUT2D eigenvalue weighted by Crippen LogP contribution is -2.37. The van der Waals surface area contributed by atoms with Gasteiger partial charge in [-0.1, -0.05) is 83.3 Å². The van der Waals surface area contributed by atoms with Gasteiger partial charge in [0.2, 0.25) is 0 Å². The Morgan fingerprint density at radius 2 is 1.31 bits per heavy atom. The second-order valence-corrected chi connectivity index (χ2v) is 12.3. The molecule has 0 heterocycles. The molecule has 36 heavy (non-hydrogen) atoms. The van der Waals surface area contributed by atoms with Crippen LogP contribution in [0, 0.1) is 0 Å². The minimum Gasteiger partial charge on any atom is -0.382 e. The molecule has 2 atom stereocenters. The van der Waals surface area contributed by atoms with Gasteiger partial charge < -0.3 is 18.9 Å². The average Bonchev–Trinajstić information content (AvgIpc) is 2.79. The van der Waals surface area contributed by atoms with E-state index in [1.165, 1.54) is 77.7 Å². The number of nitrogens with zero attached hydrogens (tertiary/aromatic N) is 1. The molecule has 0 aliphatic rings. The fourth-order valence-electron chi connectivity index (χ4n) is 3.79. The molecule has 0 amide bonds. The van der Waals surface area contributed by atoms with E-state index >= 15 is 0 Å². The van der Waals surface area contributed by atoms with Gasteiger partial charge in [-0.3, -0.25) is 9.05 Å². The van der Waals surface area contributed by atoms with E-state index in [1.54, 1.807) is 0 Å². The van der Waals surface area contributed by atoms with Crippen LogP contribution in [0.25, 0.3) is 0 Å². The van der Waals surface area contributed by atoms with Gasteiger partial charge >= 0.3 is 7.82 Å². The minimum absolute atomic E-state index is 0.144. The lowest BCUT2D eigenvalue weighted by molar-refractivity contribution is -0.870. The Morgan fingerprint density at radius 1 is 0.778 bits per heavy atom. The van der Waals surface area contributed by atoms with E-state index in [4.69, 9.17) is 18.5 Å². The van der Waals surface area contributed by atoms with Crippen LogP contribution in [0.5, 0.6) is 0 Å². The topological polar surface area (TPSA) is 74.2 Å². The van der Waals surface area contributed by atoms with E-state index < -0.39 is 13.9 Å². The van der Waals surface area contributed by atoms with Gasteiger partial charge in [-0.05, 0) is 32.1 Å². The molecule has 0 aromatic heterocycles. The molecule has 1 N–H and O–H groups in total. The van der Waals surface area contributed by atoms with Crippen molar-refractivity contribution in [2.24, 2.45) is 0 Å². The van der Waals surface area contributed by atoms with Gasteiger partial charge in [0.1, 0.15) is 19.3 Å². The summed E-state index contributed by atoms with van der Waals surface area (Å²) in [6, 6.07) is 0. The molecule has 0 spiro atoms. The molecule has 0 saturated carbocycles. The molecule has 216 valence electrons. The smallest absolute Gasteiger partial charge is 0.382 e. The van der Waals surface area contributed by atoms with Gasteiger partial charge in [0.25, 0.3) is 0 Å². The van der Waals surface area contributed by atoms with Crippen molar-refractivity contribution in [1.29, 1.82) is 0 Å². The highest BCUT2D eigenvalue weighted by molar-refractivity contribution is 7.47. The number of hydrogen-bond acceptors (Lipinski definition) is 5. The first-order valence-electron chi connectivity index (χ1n) is 14.4. The summed E-state index contributed by atoms with van der Waals surface area (Å²) >= 11 is 0. The maximum atomic E-state index is 12.2. The standard InChI is InChI=1S/C28H58NO6P/c1-6-7-8-9-10-11-12-13-14-15-16-17-18-19-20-21-22-24-33-27-28(26-32-5)35-36(30,31)34-25-23-29(2,3)4/h17-18,28H,6-16,19-27H2,1-5H3/p+1/b18-17-/t28-/m0/s1. The van der Waals surface area contributed by atoms with Gasteiger partial charge in [0, 0.05) is 13.7 Å². The lowest BCUT2D eigenvalue weighted by atomic mass is 10.1. The molecule has 0 fully saturated rings. The predicted molar refractivity (Wildman–Crippen MR) is 150 cm³/mol. The third-order valence-electron chi connectivity index (χ3n) is 6.01. The van der Waals surface area contributed by atoms with Crippen molar-refractivity contribution in [3.63, 3.8) is 0 Å². The number of unbranched alkanes of at least 4 members (excludes halogenated alkanes) is 13. The number of ether oxygens (including phenoxy) is 2. The van der Waals surface area contributed by atoms with Gasteiger partial charge in [-0.2, -0.15) is 0 Å². The number of phosphoric ester groups is 1. The first-order valence-corrected chi connectivity index (χ1v) is 15.9. The third-order valence-corrected chi connectivity index (χ3v) is 7.08. The molecule has 8 heteroatoms. The molecular formula is C28H59NO6P+. The summed E-state index contributed by atoms with van der Waals surface area (Å²) in [4.78, 5) is 9.95. The van der Waals surface area contributed by atoms with Gasteiger partial charge in [-0.15, -0.1) is 0 Å². The molecular weight excluding hydrogens is 477 g/mol. The van der Waals surface area contributed by atoms with Crippen LogP contribution in [0.2, 0.25) is 0 Å². The van der Waals surface area contributed by atoms with E-state index in [-0.39, 0.29) is 19.8 Å². The van der Waals surface area contributed by atoms with Crippen molar-refractivity contribution < 1.29 is 32.5 Å². The van der Waals surface area contributed by atoms with Gasteiger partial charge in [0.15, 0.2) is 0 Å². The van der Waals surface area contributed by atoms with Crippen molar-refractivity contribution in [2.45, 2.75) is 109 Å². The van der Waals surface area contributed by atoms with E-state index in [0.717, 1.165) is 25.7 Å². The molecule has 0 rings (SSSR count). The maximum Gasteiger partial charge on any atom is 0.472 e. The van der Waals surface area contributed by atoms with Crippen LogP contribution >= 0.6 is 7.82 Å². The summed E-state index contributed by atoms with van der Waals surface area (Å²) in [6.45, 7) is 4.00. The van der Waals surface area contributed by atoms with Crippen molar-refractivity contribution in [3.05, 3.63) is 12.2 Å². The lowest BCUT2D eigenvalue weighted by Gasteiger charge is -2.25. The number of rotatable bonds is 27. The third kappa shape index (κ3) is 26.8. The Bertz CT molecular complexity index is 553. The summed E-state index contributed by atoms with van der Waals surface area (Å²) in [5.41, 5.74) is 0. The van der Waals surface area contributed by atoms with Crippen LogP contribution in [0.1, 0.15) is 103 Å². The molecule has 0 bridgehead atoms. The zero-order valence-corrected chi connectivity index (χ0v) is 25.2. The molecule has 0 aliphatic heterocycles. The zero-order chi connectivity index (χ0) is 27.0. The fourth-order valence-corrected chi connectivity index (χ4v) is 4.66. The molecule has 0 aromatic rings. The first-order chi connectivity index (χ1) is 17.2. The van der Waals surface area contributed by atoms with Crippen molar-refractivity contribution >= 4 is 7.82 Å². The number of quaternary nitrogens is 1. The normalized spacial score (nSPS) is 14.9. The molecule has 1 unspecified atom stereocenters. The highest BCUT2D eigenvalue weighted by atomic mass is 31.2. The first kappa shape index (κ1) is 35.7. The number of methoxy groups -OCH3 is 1. The van der Waals surface area contributed by atoms with Crippen LogP contribution < -0.4 is 0 Å². The van der Waals surface area contributed by atoms with Gasteiger partial charge in [0.05, 0.1) is 34.4 Å². The monoisotopic (exact) mass is 536 g/mol. The van der Waals surface area contributed by atoms with E-state index in [9.17, 15) is 9.46 Å². The number of allylic oxidation sites excluding steroid dienone is 2. The Balaban J connectivity index is 3.66. The zero-order valence-electron chi connectivity index (χ0n) is 24.3. The Labute approximate surface area is 223 Å². The van der Waals surface area contributed by atoms with Crippen LogP contribution in [-0.2, 0) is 23.1 Å². The van der Waals surface area contributed by atoms with Crippen molar-refractivity contribution in [3.8, 4) is 0 Å². The molecule has 0 saturated heterocycles. The fraction of sp³-hybridized carbons (Fsp3) is 0.929. The highest BCUT2D eigenvalue weighted by Gasteiger charge is 2.27. The molecule has 0 radical (unpaired) electrons.